The quantitative estimate of drug-likeness (QED) is 0.774. The molecular weight excluding hydrogens is 317 g/mol. The molecular formula is C17H20FNO3S. The molecule has 124 valence electrons. The van der Waals surface area contributed by atoms with Crippen LogP contribution < -0.4 is 4.74 Å². The molecule has 6 heteroatoms. The SMILES string of the molecule is CC(C)(C)C(=O)/C=C1\SCC(=O)N1CCOc1ccc(F)cc1. The summed E-state index contributed by atoms with van der Waals surface area (Å²) in [4.78, 5) is 25.6. The molecule has 2 rings (SSSR count). The largest absolute Gasteiger partial charge is 0.492 e. The highest BCUT2D eigenvalue weighted by Gasteiger charge is 2.29. The minimum Gasteiger partial charge on any atom is -0.492 e. The molecule has 1 aliphatic heterocycles. The Morgan fingerprint density at radius 1 is 1.35 bits per heavy atom. The second-order valence-electron chi connectivity index (χ2n) is 6.23. The number of hydrogen-bond donors (Lipinski definition) is 0. The third kappa shape index (κ3) is 4.82. The topological polar surface area (TPSA) is 46.6 Å². The number of ketones is 1. The number of carbonyl (C=O) groups excluding carboxylic acids is 2. The van der Waals surface area contributed by atoms with E-state index >= 15 is 0 Å². The van der Waals surface area contributed by atoms with Gasteiger partial charge in [-0.25, -0.2) is 4.39 Å². The number of halogens is 1. The Bertz CT molecular complexity index is 620. The average Bonchev–Trinajstić information content (AvgIpc) is 2.81. The molecule has 0 bridgehead atoms. The number of allylic oxidation sites excluding steroid dienone is 1. The van der Waals surface area contributed by atoms with Crippen molar-refractivity contribution in [1.29, 1.82) is 0 Å². The van der Waals surface area contributed by atoms with E-state index in [1.807, 2.05) is 20.8 Å². The summed E-state index contributed by atoms with van der Waals surface area (Å²) in [5.74, 6) is 0.501. The van der Waals surface area contributed by atoms with Gasteiger partial charge in [0.2, 0.25) is 5.91 Å². The number of thioether (sulfide) groups is 1. The van der Waals surface area contributed by atoms with Gasteiger partial charge in [0.15, 0.2) is 5.78 Å². The van der Waals surface area contributed by atoms with Crippen molar-refractivity contribution in [2.45, 2.75) is 20.8 Å². The Labute approximate surface area is 139 Å². The second kappa shape index (κ2) is 7.17. The Morgan fingerprint density at radius 3 is 2.61 bits per heavy atom. The summed E-state index contributed by atoms with van der Waals surface area (Å²) in [7, 11) is 0. The Hall–Kier alpha value is -1.82. The van der Waals surface area contributed by atoms with Crippen molar-refractivity contribution < 1.29 is 18.7 Å². The Balaban J connectivity index is 1.96. The molecule has 0 radical (unpaired) electrons. The molecule has 0 aromatic heterocycles. The summed E-state index contributed by atoms with van der Waals surface area (Å²) in [6, 6.07) is 5.71. The number of ether oxygens (including phenoxy) is 1. The molecule has 0 aliphatic carbocycles. The Morgan fingerprint density at radius 2 is 2.00 bits per heavy atom. The molecule has 1 saturated heterocycles. The lowest BCUT2D eigenvalue weighted by Crippen LogP contribution is -2.30. The molecule has 4 nitrogen and oxygen atoms in total. The van der Waals surface area contributed by atoms with E-state index in [0.717, 1.165) is 0 Å². The van der Waals surface area contributed by atoms with E-state index in [0.29, 0.717) is 23.1 Å². The van der Waals surface area contributed by atoms with Crippen LogP contribution in [0.2, 0.25) is 0 Å². The molecule has 1 aromatic rings. The van der Waals surface area contributed by atoms with Gasteiger partial charge in [0, 0.05) is 11.5 Å². The third-order valence-electron chi connectivity index (χ3n) is 3.30. The fourth-order valence-corrected chi connectivity index (χ4v) is 2.85. The van der Waals surface area contributed by atoms with Crippen molar-refractivity contribution in [3.63, 3.8) is 0 Å². The highest BCUT2D eigenvalue weighted by atomic mass is 32.2. The fourth-order valence-electron chi connectivity index (χ4n) is 1.88. The summed E-state index contributed by atoms with van der Waals surface area (Å²) in [5.41, 5.74) is -0.477. The maximum atomic E-state index is 12.8. The molecule has 1 amide bonds. The predicted octanol–water partition coefficient (Wildman–Crippen LogP) is 3.24. The van der Waals surface area contributed by atoms with E-state index in [1.54, 1.807) is 4.90 Å². The zero-order valence-corrected chi connectivity index (χ0v) is 14.3. The van der Waals surface area contributed by atoms with Crippen LogP contribution in [0.15, 0.2) is 35.4 Å². The molecule has 1 aromatic carbocycles. The third-order valence-corrected chi connectivity index (χ3v) is 4.33. The summed E-state index contributed by atoms with van der Waals surface area (Å²) in [6.07, 6.45) is 1.54. The molecule has 1 fully saturated rings. The van der Waals surface area contributed by atoms with Gasteiger partial charge >= 0.3 is 0 Å². The van der Waals surface area contributed by atoms with Crippen LogP contribution in [0.25, 0.3) is 0 Å². The van der Waals surface area contributed by atoms with Crippen molar-refractivity contribution in [2.75, 3.05) is 18.9 Å². The van der Waals surface area contributed by atoms with Gasteiger partial charge in [0.05, 0.1) is 17.3 Å². The van der Waals surface area contributed by atoms with E-state index < -0.39 is 5.41 Å². The molecule has 23 heavy (non-hydrogen) atoms. The molecule has 1 aliphatic rings. The van der Waals surface area contributed by atoms with Gasteiger partial charge < -0.3 is 9.64 Å². The van der Waals surface area contributed by atoms with Crippen molar-refractivity contribution >= 4 is 23.5 Å². The molecule has 0 spiro atoms. The first-order valence-electron chi connectivity index (χ1n) is 7.35. The number of amides is 1. The minimum absolute atomic E-state index is 0.0147. The van der Waals surface area contributed by atoms with Crippen LogP contribution in [0, 0.1) is 11.2 Å². The van der Waals surface area contributed by atoms with Gasteiger partial charge in [-0.15, -0.1) is 0 Å². The fraction of sp³-hybridized carbons (Fsp3) is 0.412. The molecule has 0 unspecified atom stereocenters. The van der Waals surface area contributed by atoms with Gasteiger partial charge in [-0.3, -0.25) is 9.59 Å². The van der Waals surface area contributed by atoms with Crippen molar-refractivity contribution in [1.82, 2.24) is 4.90 Å². The van der Waals surface area contributed by atoms with Crippen LogP contribution >= 0.6 is 11.8 Å². The van der Waals surface area contributed by atoms with Crippen molar-refractivity contribution in [3.05, 3.63) is 41.2 Å². The molecule has 0 atom stereocenters. The van der Waals surface area contributed by atoms with Crippen molar-refractivity contribution in [3.8, 4) is 5.75 Å². The lowest BCUT2D eigenvalue weighted by atomic mass is 9.91. The first kappa shape index (κ1) is 17.5. The summed E-state index contributed by atoms with van der Waals surface area (Å²) < 4.78 is 18.3. The van der Waals surface area contributed by atoms with E-state index in [-0.39, 0.29) is 24.1 Å². The van der Waals surface area contributed by atoms with Gasteiger partial charge in [-0.05, 0) is 24.3 Å². The molecule has 0 saturated carbocycles. The first-order chi connectivity index (χ1) is 10.8. The van der Waals surface area contributed by atoms with Crippen LogP contribution in [0.3, 0.4) is 0 Å². The maximum absolute atomic E-state index is 12.8. The van der Waals surface area contributed by atoms with Crippen LogP contribution in [0.4, 0.5) is 4.39 Å². The Kier molecular flexibility index (Phi) is 5.46. The van der Waals surface area contributed by atoms with E-state index in [9.17, 15) is 14.0 Å². The number of hydrogen-bond acceptors (Lipinski definition) is 4. The first-order valence-corrected chi connectivity index (χ1v) is 8.33. The minimum atomic E-state index is -0.477. The van der Waals surface area contributed by atoms with Crippen LogP contribution in [0.5, 0.6) is 5.75 Å². The van der Waals surface area contributed by atoms with Crippen LogP contribution in [-0.4, -0.2) is 35.5 Å². The lowest BCUT2D eigenvalue weighted by molar-refractivity contribution is -0.125. The predicted molar refractivity (Wildman–Crippen MR) is 88.6 cm³/mol. The number of benzene rings is 1. The number of carbonyl (C=O) groups is 2. The number of rotatable bonds is 5. The highest BCUT2D eigenvalue weighted by Crippen LogP contribution is 2.30. The average molecular weight is 337 g/mol. The van der Waals surface area contributed by atoms with Gasteiger partial charge in [-0.2, -0.15) is 0 Å². The van der Waals surface area contributed by atoms with Gasteiger partial charge in [0.25, 0.3) is 0 Å². The van der Waals surface area contributed by atoms with Crippen LogP contribution in [0.1, 0.15) is 20.8 Å². The van der Waals surface area contributed by atoms with E-state index in [4.69, 9.17) is 4.74 Å². The van der Waals surface area contributed by atoms with Crippen LogP contribution in [-0.2, 0) is 9.59 Å². The monoisotopic (exact) mass is 337 g/mol. The highest BCUT2D eigenvalue weighted by molar-refractivity contribution is 8.04. The summed E-state index contributed by atoms with van der Waals surface area (Å²) >= 11 is 1.36. The molecule has 0 N–H and O–H groups in total. The lowest BCUT2D eigenvalue weighted by Gasteiger charge is -2.19. The van der Waals surface area contributed by atoms with Crippen molar-refractivity contribution in [2.24, 2.45) is 5.41 Å². The standard InChI is InChI=1S/C17H20FNO3S/c1-17(2,3)14(20)10-16-19(15(21)11-23-16)8-9-22-13-6-4-12(18)5-7-13/h4-7,10H,8-9,11H2,1-3H3/b16-10-. The number of nitrogens with zero attached hydrogens (tertiary/aromatic N) is 1. The maximum Gasteiger partial charge on any atom is 0.237 e. The zero-order valence-electron chi connectivity index (χ0n) is 13.5. The van der Waals surface area contributed by atoms with E-state index in [1.165, 1.54) is 42.1 Å². The smallest absolute Gasteiger partial charge is 0.237 e. The zero-order chi connectivity index (χ0) is 17.0. The summed E-state index contributed by atoms with van der Waals surface area (Å²) in [6.45, 7) is 6.16. The summed E-state index contributed by atoms with van der Waals surface area (Å²) in [5, 5.41) is 0.664. The second-order valence-corrected chi connectivity index (χ2v) is 7.23. The van der Waals surface area contributed by atoms with E-state index in [2.05, 4.69) is 0 Å². The van der Waals surface area contributed by atoms with Gasteiger partial charge in [-0.1, -0.05) is 32.5 Å². The normalized spacial score (nSPS) is 17.0. The molecule has 1 heterocycles. The van der Waals surface area contributed by atoms with Gasteiger partial charge in [0.1, 0.15) is 18.2 Å².